The maximum absolute atomic E-state index is 12.6. The van der Waals surface area contributed by atoms with Crippen molar-refractivity contribution in [3.63, 3.8) is 0 Å². The van der Waals surface area contributed by atoms with Crippen molar-refractivity contribution in [2.75, 3.05) is 0 Å². The van der Waals surface area contributed by atoms with Crippen LogP contribution >= 0.6 is 0 Å². The Balaban J connectivity index is 1.54. The lowest BCUT2D eigenvalue weighted by Gasteiger charge is -2.10. The van der Waals surface area contributed by atoms with Crippen molar-refractivity contribution >= 4 is 21.8 Å². The molecule has 8 heteroatoms. The van der Waals surface area contributed by atoms with E-state index >= 15 is 0 Å². The Morgan fingerprint density at radius 2 is 1.61 bits per heavy atom. The summed E-state index contributed by atoms with van der Waals surface area (Å²) in [6.07, 6.45) is 0.761. The number of carbonyl (C=O) groups is 2. The topological polar surface area (TPSA) is 104 Å². The second-order valence-corrected chi connectivity index (χ2v) is 9.54. The maximum Gasteiger partial charge on any atom is 0.269 e. The normalized spacial score (nSPS) is 11.1. The highest BCUT2D eigenvalue weighted by atomic mass is 32.2. The van der Waals surface area contributed by atoms with Crippen LogP contribution in [0.1, 0.15) is 39.0 Å². The third kappa shape index (κ3) is 7.00. The molecule has 3 rings (SSSR count). The van der Waals surface area contributed by atoms with Gasteiger partial charge in [-0.15, -0.1) is 0 Å². The van der Waals surface area contributed by atoms with E-state index < -0.39 is 15.9 Å². The standard InChI is InChI=1S/C25H27N3O4S/c1-18-11-12-21(19(2)15-18)13-14-24(29)27-28-25(30)22-9-6-10-23(16-22)33(31,32)26-17-20-7-4-3-5-8-20/h3-12,15-16,26H,13-14,17H2,1-2H3,(H,27,29)(H,28,30). The minimum Gasteiger partial charge on any atom is -0.273 e. The van der Waals surface area contributed by atoms with Gasteiger partial charge in [-0.05, 0) is 55.2 Å². The Hall–Kier alpha value is -3.49. The van der Waals surface area contributed by atoms with Gasteiger partial charge in [-0.2, -0.15) is 0 Å². The summed E-state index contributed by atoms with van der Waals surface area (Å²) >= 11 is 0. The van der Waals surface area contributed by atoms with E-state index in [1.807, 2.05) is 56.3 Å². The monoisotopic (exact) mass is 465 g/mol. The fourth-order valence-corrected chi connectivity index (χ4v) is 4.36. The molecule has 0 aromatic heterocycles. The molecule has 2 amide bonds. The first-order valence-electron chi connectivity index (χ1n) is 10.5. The summed E-state index contributed by atoms with van der Waals surface area (Å²) < 4.78 is 27.7. The van der Waals surface area contributed by atoms with E-state index in [-0.39, 0.29) is 29.3 Å². The van der Waals surface area contributed by atoms with Crippen molar-refractivity contribution in [2.45, 2.75) is 38.1 Å². The fraction of sp³-hybridized carbons (Fsp3) is 0.200. The van der Waals surface area contributed by atoms with Crippen LogP contribution in [0.25, 0.3) is 0 Å². The molecule has 0 spiro atoms. The van der Waals surface area contributed by atoms with Crippen LogP contribution in [-0.2, 0) is 27.8 Å². The SMILES string of the molecule is Cc1ccc(CCC(=O)NNC(=O)c2cccc(S(=O)(=O)NCc3ccccc3)c2)c(C)c1. The Morgan fingerprint density at radius 1 is 0.848 bits per heavy atom. The van der Waals surface area contributed by atoms with E-state index in [1.54, 1.807) is 0 Å². The van der Waals surface area contributed by atoms with Crippen LogP contribution in [-0.4, -0.2) is 20.2 Å². The molecule has 172 valence electrons. The number of hydrazine groups is 1. The van der Waals surface area contributed by atoms with Gasteiger partial charge in [-0.3, -0.25) is 20.4 Å². The molecule has 33 heavy (non-hydrogen) atoms. The lowest BCUT2D eigenvalue weighted by molar-refractivity contribution is -0.121. The van der Waals surface area contributed by atoms with Gasteiger partial charge < -0.3 is 0 Å². The lowest BCUT2D eigenvalue weighted by Crippen LogP contribution is -2.41. The predicted octanol–water partition coefficient (Wildman–Crippen LogP) is 3.18. The van der Waals surface area contributed by atoms with Crippen LogP contribution < -0.4 is 15.6 Å². The van der Waals surface area contributed by atoms with Crippen LogP contribution in [0.5, 0.6) is 0 Å². The van der Waals surface area contributed by atoms with E-state index in [2.05, 4.69) is 21.6 Å². The number of nitrogens with one attached hydrogen (secondary N) is 3. The van der Waals surface area contributed by atoms with E-state index in [9.17, 15) is 18.0 Å². The number of hydrogen-bond donors (Lipinski definition) is 3. The van der Waals surface area contributed by atoms with Crippen molar-refractivity contribution in [1.29, 1.82) is 0 Å². The molecule has 3 aromatic carbocycles. The number of rotatable bonds is 8. The molecule has 0 aliphatic carbocycles. The summed E-state index contributed by atoms with van der Waals surface area (Å²) in [6, 6.07) is 20.8. The zero-order valence-electron chi connectivity index (χ0n) is 18.6. The number of carbonyl (C=O) groups excluding carboxylic acids is 2. The molecule has 0 aliphatic rings. The molecule has 0 bridgehead atoms. The summed E-state index contributed by atoms with van der Waals surface area (Å²) in [5.74, 6) is -0.938. The molecule has 0 saturated heterocycles. The molecule has 0 heterocycles. The molecular formula is C25H27N3O4S. The molecule has 0 fully saturated rings. The predicted molar refractivity (Wildman–Crippen MR) is 127 cm³/mol. The Morgan fingerprint density at radius 3 is 2.33 bits per heavy atom. The molecule has 0 atom stereocenters. The highest BCUT2D eigenvalue weighted by Crippen LogP contribution is 2.13. The van der Waals surface area contributed by atoms with Crippen molar-refractivity contribution in [2.24, 2.45) is 0 Å². The molecular weight excluding hydrogens is 438 g/mol. The second kappa shape index (κ2) is 10.9. The minimum atomic E-state index is -3.81. The van der Waals surface area contributed by atoms with Gasteiger partial charge in [0.25, 0.3) is 5.91 Å². The van der Waals surface area contributed by atoms with Crippen LogP contribution in [0.15, 0.2) is 77.7 Å². The number of benzene rings is 3. The Kier molecular flexibility index (Phi) is 7.97. The van der Waals surface area contributed by atoms with Crippen LogP contribution in [0, 0.1) is 13.8 Å². The molecule has 7 nitrogen and oxygen atoms in total. The number of amides is 2. The molecule has 0 aliphatic heterocycles. The van der Waals surface area contributed by atoms with Gasteiger partial charge in [-0.25, -0.2) is 13.1 Å². The van der Waals surface area contributed by atoms with E-state index in [1.165, 1.54) is 24.3 Å². The number of hydrogen-bond acceptors (Lipinski definition) is 4. The van der Waals surface area contributed by atoms with Crippen molar-refractivity contribution in [3.8, 4) is 0 Å². The zero-order valence-corrected chi connectivity index (χ0v) is 19.4. The maximum atomic E-state index is 12.6. The molecule has 0 unspecified atom stereocenters. The first-order valence-corrected chi connectivity index (χ1v) is 12.0. The summed E-state index contributed by atoms with van der Waals surface area (Å²) in [5, 5.41) is 0. The van der Waals surface area contributed by atoms with Gasteiger partial charge in [0.05, 0.1) is 4.90 Å². The van der Waals surface area contributed by atoms with Gasteiger partial charge in [0.15, 0.2) is 0 Å². The Bertz CT molecular complexity index is 1240. The van der Waals surface area contributed by atoms with E-state index in [0.29, 0.717) is 6.42 Å². The van der Waals surface area contributed by atoms with Crippen molar-refractivity contribution in [3.05, 3.63) is 101 Å². The van der Waals surface area contributed by atoms with Crippen molar-refractivity contribution < 1.29 is 18.0 Å². The summed E-state index contributed by atoms with van der Waals surface area (Å²) in [5.41, 5.74) is 9.01. The highest BCUT2D eigenvalue weighted by Gasteiger charge is 2.16. The van der Waals surface area contributed by atoms with E-state index in [0.717, 1.165) is 22.3 Å². The second-order valence-electron chi connectivity index (χ2n) is 7.77. The lowest BCUT2D eigenvalue weighted by atomic mass is 10.0. The van der Waals surface area contributed by atoms with Gasteiger partial charge in [0.1, 0.15) is 0 Å². The van der Waals surface area contributed by atoms with Crippen LogP contribution in [0.4, 0.5) is 0 Å². The summed E-state index contributed by atoms with van der Waals surface area (Å²) in [7, 11) is -3.81. The number of aryl methyl sites for hydroxylation is 3. The minimum absolute atomic E-state index is 0.0350. The quantitative estimate of drug-likeness (QED) is 0.445. The molecule has 3 N–H and O–H groups in total. The van der Waals surface area contributed by atoms with Crippen molar-refractivity contribution in [1.82, 2.24) is 15.6 Å². The van der Waals surface area contributed by atoms with E-state index in [4.69, 9.17) is 0 Å². The van der Waals surface area contributed by atoms with Crippen LogP contribution in [0.3, 0.4) is 0 Å². The first-order chi connectivity index (χ1) is 15.7. The molecule has 0 saturated carbocycles. The molecule has 3 aromatic rings. The summed E-state index contributed by atoms with van der Waals surface area (Å²) in [4.78, 5) is 24.5. The molecule has 0 radical (unpaired) electrons. The first kappa shape index (κ1) is 24.2. The van der Waals surface area contributed by atoms with Gasteiger partial charge in [0, 0.05) is 18.5 Å². The summed E-state index contributed by atoms with van der Waals surface area (Å²) in [6.45, 7) is 4.15. The average molecular weight is 466 g/mol. The number of sulfonamides is 1. The average Bonchev–Trinajstić information content (AvgIpc) is 2.81. The zero-order chi connectivity index (χ0) is 23.8. The largest absolute Gasteiger partial charge is 0.273 e. The third-order valence-electron chi connectivity index (χ3n) is 5.15. The smallest absolute Gasteiger partial charge is 0.269 e. The highest BCUT2D eigenvalue weighted by molar-refractivity contribution is 7.89. The van der Waals surface area contributed by atoms with Gasteiger partial charge >= 0.3 is 0 Å². The Labute approximate surface area is 194 Å². The fourth-order valence-electron chi connectivity index (χ4n) is 3.30. The third-order valence-corrected chi connectivity index (χ3v) is 6.55. The van der Waals surface area contributed by atoms with Crippen LogP contribution in [0.2, 0.25) is 0 Å². The van der Waals surface area contributed by atoms with Gasteiger partial charge in [-0.1, -0.05) is 60.2 Å². The van der Waals surface area contributed by atoms with Gasteiger partial charge in [0.2, 0.25) is 15.9 Å².